The first kappa shape index (κ1) is 15.2. The molecule has 20 heavy (non-hydrogen) atoms. The lowest BCUT2D eigenvalue weighted by atomic mass is 9.98. The van der Waals surface area contributed by atoms with Gasteiger partial charge in [0.2, 0.25) is 0 Å². The molecule has 2 unspecified atom stereocenters. The van der Waals surface area contributed by atoms with Crippen LogP contribution in [0.25, 0.3) is 0 Å². The van der Waals surface area contributed by atoms with Crippen LogP contribution in [0.1, 0.15) is 38.7 Å². The molecule has 1 aliphatic heterocycles. The van der Waals surface area contributed by atoms with Crippen LogP contribution in [0.5, 0.6) is 5.75 Å². The Morgan fingerprint density at radius 2 is 2.20 bits per heavy atom. The number of hydrogen-bond acceptors (Lipinski definition) is 3. The Labute approximate surface area is 123 Å². The second-order valence-corrected chi connectivity index (χ2v) is 6.04. The van der Waals surface area contributed by atoms with Crippen LogP contribution < -0.4 is 10.1 Å². The van der Waals surface area contributed by atoms with Crippen molar-refractivity contribution in [2.75, 3.05) is 25.5 Å². The van der Waals surface area contributed by atoms with E-state index in [-0.39, 0.29) is 0 Å². The summed E-state index contributed by atoms with van der Waals surface area (Å²) in [6, 6.07) is 7.64. The minimum Gasteiger partial charge on any atom is -0.491 e. The number of aryl methyl sites for hydroxylation is 1. The summed E-state index contributed by atoms with van der Waals surface area (Å²) in [7, 11) is 2.21. The number of anilines is 1. The van der Waals surface area contributed by atoms with Crippen molar-refractivity contribution in [1.82, 2.24) is 4.90 Å². The molecule has 0 aliphatic carbocycles. The fourth-order valence-corrected chi connectivity index (χ4v) is 2.72. The van der Waals surface area contributed by atoms with E-state index in [0.717, 1.165) is 31.0 Å². The van der Waals surface area contributed by atoms with Gasteiger partial charge in [-0.1, -0.05) is 13.0 Å². The molecule has 1 fully saturated rings. The molecule has 112 valence electrons. The lowest BCUT2D eigenvalue weighted by Crippen LogP contribution is -2.42. The molecule has 2 atom stereocenters. The van der Waals surface area contributed by atoms with Crippen molar-refractivity contribution in [2.45, 2.75) is 52.1 Å². The van der Waals surface area contributed by atoms with Crippen LogP contribution in [0.4, 0.5) is 5.69 Å². The Hall–Kier alpha value is -1.22. The third kappa shape index (κ3) is 3.89. The minimum atomic E-state index is 0.549. The van der Waals surface area contributed by atoms with E-state index in [2.05, 4.69) is 56.2 Å². The van der Waals surface area contributed by atoms with Gasteiger partial charge in [0.1, 0.15) is 5.75 Å². The standard InChI is InChI=1S/C17H28N2O/c1-5-10-20-17-11-13(2)6-7-16(17)18-15-8-9-19(4)14(3)12-15/h6-7,11,14-15,18H,5,8-10,12H2,1-4H3. The Bertz CT molecular complexity index is 433. The van der Waals surface area contributed by atoms with Gasteiger partial charge in [0.05, 0.1) is 12.3 Å². The van der Waals surface area contributed by atoms with Crippen LogP contribution in [0.15, 0.2) is 18.2 Å². The van der Waals surface area contributed by atoms with Gasteiger partial charge in [-0.3, -0.25) is 0 Å². The first-order valence-corrected chi connectivity index (χ1v) is 7.80. The predicted molar refractivity (Wildman–Crippen MR) is 85.7 cm³/mol. The summed E-state index contributed by atoms with van der Waals surface area (Å²) < 4.78 is 5.88. The molecular weight excluding hydrogens is 248 g/mol. The summed E-state index contributed by atoms with van der Waals surface area (Å²) >= 11 is 0. The number of benzene rings is 1. The largest absolute Gasteiger partial charge is 0.491 e. The number of hydrogen-bond donors (Lipinski definition) is 1. The van der Waals surface area contributed by atoms with Gasteiger partial charge in [0.25, 0.3) is 0 Å². The first-order valence-electron chi connectivity index (χ1n) is 7.80. The normalized spacial score (nSPS) is 23.6. The number of likely N-dealkylation sites (tertiary alicyclic amines) is 1. The van der Waals surface area contributed by atoms with Gasteiger partial charge < -0.3 is 15.0 Å². The van der Waals surface area contributed by atoms with Gasteiger partial charge in [-0.2, -0.15) is 0 Å². The number of piperidine rings is 1. The van der Waals surface area contributed by atoms with E-state index < -0.39 is 0 Å². The fourth-order valence-electron chi connectivity index (χ4n) is 2.72. The van der Waals surface area contributed by atoms with Gasteiger partial charge in [-0.05, 0) is 57.9 Å². The van der Waals surface area contributed by atoms with E-state index in [1.807, 2.05) is 0 Å². The van der Waals surface area contributed by atoms with E-state index in [9.17, 15) is 0 Å². The Kier molecular flexibility index (Phi) is 5.30. The van der Waals surface area contributed by atoms with Crippen LogP contribution in [0, 0.1) is 6.92 Å². The summed E-state index contributed by atoms with van der Waals surface area (Å²) in [5, 5.41) is 3.68. The van der Waals surface area contributed by atoms with Crippen LogP contribution >= 0.6 is 0 Å². The molecule has 1 aliphatic rings. The van der Waals surface area contributed by atoms with Crippen LogP contribution in [-0.2, 0) is 0 Å². The highest BCUT2D eigenvalue weighted by Gasteiger charge is 2.23. The highest BCUT2D eigenvalue weighted by Crippen LogP contribution is 2.29. The van der Waals surface area contributed by atoms with Gasteiger partial charge in [0, 0.05) is 18.6 Å². The third-order valence-corrected chi connectivity index (χ3v) is 4.17. The molecule has 0 bridgehead atoms. The molecular formula is C17H28N2O. The van der Waals surface area contributed by atoms with Crippen molar-refractivity contribution in [3.05, 3.63) is 23.8 Å². The Balaban J connectivity index is 2.04. The molecule has 1 aromatic carbocycles. The van der Waals surface area contributed by atoms with E-state index >= 15 is 0 Å². The summed E-state index contributed by atoms with van der Waals surface area (Å²) in [6.07, 6.45) is 3.43. The molecule has 0 aromatic heterocycles. The molecule has 1 N–H and O–H groups in total. The average Bonchev–Trinajstić information content (AvgIpc) is 2.43. The molecule has 0 radical (unpaired) electrons. The summed E-state index contributed by atoms with van der Waals surface area (Å²) in [6.45, 7) is 8.50. The Morgan fingerprint density at radius 3 is 2.90 bits per heavy atom. The Morgan fingerprint density at radius 1 is 1.40 bits per heavy atom. The minimum absolute atomic E-state index is 0.549. The highest BCUT2D eigenvalue weighted by molar-refractivity contribution is 5.58. The molecule has 0 spiro atoms. The average molecular weight is 276 g/mol. The molecule has 1 heterocycles. The number of ether oxygens (including phenoxy) is 1. The van der Waals surface area contributed by atoms with Crippen molar-refractivity contribution < 1.29 is 4.74 Å². The zero-order chi connectivity index (χ0) is 14.5. The van der Waals surface area contributed by atoms with E-state index in [1.165, 1.54) is 18.4 Å². The number of nitrogens with zero attached hydrogens (tertiary/aromatic N) is 1. The molecule has 1 saturated heterocycles. The van der Waals surface area contributed by atoms with Gasteiger partial charge in [-0.25, -0.2) is 0 Å². The SMILES string of the molecule is CCCOc1cc(C)ccc1NC1CCN(C)C(C)C1. The number of rotatable bonds is 5. The molecule has 0 amide bonds. The van der Waals surface area contributed by atoms with Crippen molar-refractivity contribution in [3.8, 4) is 5.75 Å². The van der Waals surface area contributed by atoms with Gasteiger partial charge >= 0.3 is 0 Å². The molecule has 0 saturated carbocycles. The second-order valence-electron chi connectivity index (χ2n) is 6.04. The van der Waals surface area contributed by atoms with E-state index in [4.69, 9.17) is 4.74 Å². The van der Waals surface area contributed by atoms with Crippen LogP contribution in [-0.4, -0.2) is 37.2 Å². The summed E-state index contributed by atoms with van der Waals surface area (Å²) in [4.78, 5) is 2.43. The van der Waals surface area contributed by atoms with E-state index in [0.29, 0.717) is 12.1 Å². The zero-order valence-electron chi connectivity index (χ0n) is 13.3. The topological polar surface area (TPSA) is 24.5 Å². The highest BCUT2D eigenvalue weighted by atomic mass is 16.5. The first-order chi connectivity index (χ1) is 9.60. The van der Waals surface area contributed by atoms with Crippen molar-refractivity contribution in [1.29, 1.82) is 0 Å². The van der Waals surface area contributed by atoms with Crippen molar-refractivity contribution >= 4 is 5.69 Å². The van der Waals surface area contributed by atoms with Crippen LogP contribution in [0.3, 0.4) is 0 Å². The van der Waals surface area contributed by atoms with Crippen LogP contribution in [0.2, 0.25) is 0 Å². The fraction of sp³-hybridized carbons (Fsp3) is 0.647. The second kappa shape index (κ2) is 6.98. The van der Waals surface area contributed by atoms with Gasteiger partial charge in [0.15, 0.2) is 0 Å². The predicted octanol–water partition coefficient (Wildman–Crippen LogP) is 3.68. The number of nitrogens with one attached hydrogen (secondary N) is 1. The third-order valence-electron chi connectivity index (χ3n) is 4.17. The summed E-state index contributed by atoms with van der Waals surface area (Å²) in [5.74, 6) is 0.999. The zero-order valence-corrected chi connectivity index (χ0v) is 13.3. The maximum Gasteiger partial charge on any atom is 0.142 e. The van der Waals surface area contributed by atoms with Gasteiger partial charge in [-0.15, -0.1) is 0 Å². The maximum atomic E-state index is 5.88. The lowest BCUT2D eigenvalue weighted by Gasteiger charge is -2.36. The maximum absolute atomic E-state index is 5.88. The summed E-state index contributed by atoms with van der Waals surface area (Å²) in [5.41, 5.74) is 2.39. The van der Waals surface area contributed by atoms with E-state index in [1.54, 1.807) is 0 Å². The smallest absolute Gasteiger partial charge is 0.142 e. The van der Waals surface area contributed by atoms with Crippen molar-refractivity contribution in [3.63, 3.8) is 0 Å². The van der Waals surface area contributed by atoms with Crippen molar-refractivity contribution in [2.24, 2.45) is 0 Å². The monoisotopic (exact) mass is 276 g/mol. The molecule has 3 heteroatoms. The molecule has 1 aromatic rings. The molecule has 2 rings (SSSR count). The molecule has 3 nitrogen and oxygen atoms in total. The quantitative estimate of drug-likeness (QED) is 0.888. The lowest BCUT2D eigenvalue weighted by molar-refractivity contribution is 0.190.